The lowest BCUT2D eigenvalue weighted by atomic mass is 10.2. The van der Waals surface area contributed by atoms with Crippen LogP contribution in [0.2, 0.25) is 0 Å². The van der Waals surface area contributed by atoms with Crippen molar-refractivity contribution in [2.75, 3.05) is 11.9 Å². The number of hydrogen-bond donors (Lipinski definition) is 2. The first-order valence-electron chi connectivity index (χ1n) is 7.50. The maximum Gasteiger partial charge on any atom is 0.251 e. The molecule has 22 heavy (non-hydrogen) atoms. The Balaban J connectivity index is 0.00000116. The van der Waals surface area contributed by atoms with Crippen molar-refractivity contribution < 1.29 is 9.18 Å². The Labute approximate surface area is 131 Å². The monoisotopic (exact) mass is 302 g/mol. The van der Waals surface area contributed by atoms with Crippen LogP contribution in [0.25, 0.3) is 0 Å². The van der Waals surface area contributed by atoms with E-state index in [1.165, 1.54) is 18.2 Å². The van der Waals surface area contributed by atoms with E-state index in [1.807, 2.05) is 51.1 Å². The molecule has 0 fully saturated rings. The fourth-order valence-electron chi connectivity index (χ4n) is 1.81. The van der Waals surface area contributed by atoms with Gasteiger partial charge < -0.3 is 10.6 Å². The van der Waals surface area contributed by atoms with Crippen molar-refractivity contribution >= 4 is 11.6 Å². The quantitative estimate of drug-likeness (QED) is 0.873. The molecular weight excluding hydrogens is 279 g/mol. The minimum atomic E-state index is -0.410. The van der Waals surface area contributed by atoms with Gasteiger partial charge in [0, 0.05) is 23.8 Å². The van der Waals surface area contributed by atoms with E-state index >= 15 is 0 Å². The van der Waals surface area contributed by atoms with Crippen molar-refractivity contribution in [2.45, 2.75) is 26.8 Å². The molecule has 0 spiro atoms. The van der Waals surface area contributed by atoms with Gasteiger partial charge in [0.15, 0.2) is 0 Å². The standard InChI is InChI=1S/C16H17FN2O.C2H6/c1-12(11-18-15-8-3-2-4-9-15)19-16(20)13-6-5-7-14(17)10-13;1-2/h2-10,12,18H,11H2,1H3,(H,19,20);1-2H3. The van der Waals surface area contributed by atoms with Crippen molar-refractivity contribution in [1.29, 1.82) is 0 Å². The molecule has 1 atom stereocenters. The van der Waals surface area contributed by atoms with Gasteiger partial charge in [0.1, 0.15) is 5.82 Å². The summed E-state index contributed by atoms with van der Waals surface area (Å²) in [6.45, 7) is 6.50. The van der Waals surface area contributed by atoms with Crippen molar-refractivity contribution in [1.82, 2.24) is 5.32 Å². The summed E-state index contributed by atoms with van der Waals surface area (Å²) in [6.07, 6.45) is 0. The van der Waals surface area contributed by atoms with E-state index in [0.717, 1.165) is 5.69 Å². The SMILES string of the molecule is CC.CC(CNc1ccccc1)NC(=O)c1cccc(F)c1. The lowest BCUT2D eigenvalue weighted by molar-refractivity contribution is 0.0941. The topological polar surface area (TPSA) is 41.1 Å². The van der Waals surface area contributed by atoms with E-state index in [9.17, 15) is 9.18 Å². The maximum absolute atomic E-state index is 13.0. The zero-order valence-corrected chi connectivity index (χ0v) is 13.3. The number of nitrogens with one attached hydrogen (secondary N) is 2. The van der Waals surface area contributed by atoms with Gasteiger partial charge in [-0.2, -0.15) is 0 Å². The summed E-state index contributed by atoms with van der Waals surface area (Å²) in [5, 5.41) is 6.05. The molecule has 4 heteroatoms. The highest BCUT2D eigenvalue weighted by atomic mass is 19.1. The number of rotatable bonds is 5. The molecule has 2 aromatic rings. The highest BCUT2D eigenvalue weighted by molar-refractivity contribution is 5.94. The van der Waals surface area contributed by atoms with Gasteiger partial charge >= 0.3 is 0 Å². The van der Waals surface area contributed by atoms with Gasteiger partial charge in [0.05, 0.1) is 0 Å². The Morgan fingerprint density at radius 3 is 2.41 bits per heavy atom. The summed E-state index contributed by atoms with van der Waals surface area (Å²) < 4.78 is 13.0. The maximum atomic E-state index is 13.0. The molecule has 0 heterocycles. The normalized spacial score (nSPS) is 10.9. The van der Waals surface area contributed by atoms with Gasteiger partial charge in [-0.15, -0.1) is 0 Å². The number of amides is 1. The van der Waals surface area contributed by atoms with Crippen LogP contribution in [-0.2, 0) is 0 Å². The van der Waals surface area contributed by atoms with E-state index in [0.29, 0.717) is 12.1 Å². The summed E-state index contributed by atoms with van der Waals surface area (Å²) in [4.78, 5) is 11.9. The number of halogens is 1. The number of carbonyl (C=O) groups excluding carboxylic acids is 1. The first-order valence-corrected chi connectivity index (χ1v) is 7.50. The predicted octanol–water partition coefficient (Wildman–Crippen LogP) is 4.08. The van der Waals surface area contributed by atoms with Gasteiger partial charge in [-0.05, 0) is 37.3 Å². The zero-order chi connectivity index (χ0) is 16.4. The summed E-state index contributed by atoms with van der Waals surface area (Å²) in [5.74, 6) is -0.681. The molecule has 1 unspecified atom stereocenters. The summed E-state index contributed by atoms with van der Waals surface area (Å²) in [6, 6.07) is 15.3. The fraction of sp³-hybridized carbons (Fsp3) is 0.278. The Morgan fingerprint density at radius 2 is 1.77 bits per heavy atom. The summed E-state index contributed by atoms with van der Waals surface area (Å²) in [7, 11) is 0. The molecule has 1 amide bonds. The molecule has 0 aliphatic heterocycles. The highest BCUT2D eigenvalue weighted by Crippen LogP contribution is 2.06. The molecule has 0 aliphatic rings. The molecule has 2 rings (SSSR count). The van der Waals surface area contributed by atoms with Crippen LogP contribution in [0, 0.1) is 5.82 Å². The van der Waals surface area contributed by atoms with E-state index in [1.54, 1.807) is 6.07 Å². The first kappa shape index (κ1) is 17.7. The summed E-state index contributed by atoms with van der Waals surface area (Å²) in [5.41, 5.74) is 1.33. The van der Waals surface area contributed by atoms with Gasteiger partial charge in [-0.25, -0.2) is 4.39 Å². The minimum Gasteiger partial charge on any atom is -0.383 e. The predicted molar refractivity (Wildman–Crippen MR) is 89.6 cm³/mol. The van der Waals surface area contributed by atoms with Crippen molar-refractivity contribution in [3.8, 4) is 0 Å². The smallest absolute Gasteiger partial charge is 0.251 e. The number of benzene rings is 2. The number of para-hydroxylation sites is 1. The Morgan fingerprint density at radius 1 is 1.09 bits per heavy atom. The average Bonchev–Trinajstić information content (AvgIpc) is 2.56. The zero-order valence-electron chi connectivity index (χ0n) is 13.3. The first-order chi connectivity index (χ1) is 10.6. The third-order valence-corrected chi connectivity index (χ3v) is 2.85. The lowest BCUT2D eigenvalue weighted by Crippen LogP contribution is -2.37. The van der Waals surface area contributed by atoms with Crippen LogP contribution in [0.15, 0.2) is 54.6 Å². The molecule has 2 aromatic carbocycles. The van der Waals surface area contributed by atoms with Crippen LogP contribution < -0.4 is 10.6 Å². The second-order valence-electron chi connectivity index (χ2n) is 4.63. The largest absolute Gasteiger partial charge is 0.383 e. The van der Waals surface area contributed by atoms with E-state index in [2.05, 4.69) is 10.6 Å². The Hall–Kier alpha value is -2.36. The molecular formula is C18H23FN2O. The molecule has 0 saturated heterocycles. The second kappa shape index (κ2) is 9.55. The number of anilines is 1. The van der Waals surface area contributed by atoms with Gasteiger partial charge in [-0.3, -0.25) is 4.79 Å². The Kier molecular flexibility index (Phi) is 7.68. The van der Waals surface area contributed by atoms with Crippen LogP contribution in [0.1, 0.15) is 31.1 Å². The van der Waals surface area contributed by atoms with Gasteiger partial charge in [0.2, 0.25) is 0 Å². The van der Waals surface area contributed by atoms with E-state index < -0.39 is 5.82 Å². The molecule has 3 nitrogen and oxygen atoms in total. The molecule has 0 radical (unpaired) electrons. The Bertz CT molecular complexity index is 572. The molecule has 118 valence electrons. The lowest BCUT2D eigenvalue weighted by Gasteiger charge is -2.15. The minimum absolute atomic E-state index is 0.0639. The van der Waals surface area contributed by atoms with Crippen LogP contribution in [0.5, 0.6) is 0 Å². The van der Waals surface area contributed by atoms with Crippen LogP contribution in [-0.4, -0.2) is 18.5 Å². The van der Waals surface area contributed by atoms with Crippen LogP contribution in [0.4, 0.5) is 10.1 Å². The number of hydrogen-bond acceptors (Lipinski definition) is 2. The van der Waals surface area contributed by atoms with Crippen molar-refractivity contribution in [2.24, 2.45) is 0 Å². The molecule has 0 bridgehead atoms. The van der Waals surface area contributed by atoms with Crippen molar-refractivity contribution in [3.63, 3.8) is 0 Å². The van der Waals surface area contributed by atoms with Crippen molar-refractivity contribution in [3.05, 3.63) is 66.0 Å². The van der Waals surface area contributed by atoms with E-state index in [-0.39, 0.29) is 11.9 Å². The third kappa shape index (κ3) is 5.95. The number of carbonyl (C=O) groups is 1. The van der Waals surface area contributed by atoms with Gasteiger partial charge in [-0.1, -0.05) is 38.1 Å². The molecule has 0 aromatic heterocycles. The summed E-state index contributed by atoms with van der Waals surface area (Å²) >= 11 is 0. The average molecular weight is 302 g/mol. The highest BCUT2D eigenvalue weighted by Gasteiger charge is 2.10. The molecule has 2 N–H and O–H groups in total. The van der Waals surface area contributed by atoms with Crippen LogP contribution >= 0.6 is 0 Å². The van der Waals surface area contributed by atoms with Gasteiger partial charge in [0.25, 0.3) is 5.91 Å². The van der Waals surface area contributed by atoms with E-state index in [4.69, 9.17) is 0 Å². The fourth-order valence-corrected chi connectivity index (χ4v) is 1.81. The third-order valence-electron chi connectivity index (χ3n) is 2.85. The second-order valence-corrected chi connectivity index (χ2v) is 4.63. The molecule has 0 aliphatic carbocycles. The molecule has 0 saturated carbocycles. The van der Waals surface area contributed by atoms with Crippen LogP contribution in [0.3, 0.4) is 0 Å².